The van der Waals surface area contributed by atoms with Crippen molar-refractivity contribution in [2.45, 2.75) is 36.5 Å². The summed E-state index contributed by atoms with van der Waals surface area (Å²) in [6.07, 6.45) is 0.0656. The average Bonchev–Trinajstić information content (AvgIpc) is 2.97. The van der Waals surface area contributed by atoms with Gasteiger partial charge in [0, 0.05) is 29.9 Å². The van der Waals surface area contributed by atoms with Gasteiger partial charge in [-0.1, -0.05) is 30.7 Å². The highest BCUT2D eigenvalue weighted by atomic mass is 35.5. The Labute approximate surface area is 230 Å². The number of hydrogen-bond donors (Lipinski definition) is 2. The molecule has 2 aromatic rings. The molecular weight excluding hydrogens is 536 g/mol. The Hall–Kier alpha value is -3.28. The Balaban J connectivity index is 0.000000757. The number of carbonyl (C=O) groups excluding carboxylic acids is 2. The van der Waals surface area contributed by atoms with Gasteiger partial charge in [-0.05, 0) is 55.9 Å². The Kier molecular flexibility index (Phi) is 11.9. The van der Waals surface area contributed by atoms with E-state index < -0.39 is 29.3 Å². The molecule has 2 N–H and O–H groups in total. The van der Waals surface area contributed by atoms with E-state index in [9.17, 15) is 9.59 Å². The number of fused-ring (bicyclic) bond motifs is 1. The summed E-state index contributed by atoms with van der Waals surface area (Å²) >= 11 is 7.79. The fourth-order valence-corrected chi connectivity index (χ4v) is 5.32. The van der Waals surface area contributed by atoms with Crippen molar-refractivity contribution in [2.24, 2.45) is 0 Å². The summed E-state index contributed by atoms with van der Waals surface area (Å²) in [7, 11) is 3.64. The molecule has 1 heterocycles. The maximum absolute atomic E-state index is 13.8. The third kappa shape index (κ3) is 8.64. The zero-order valence-corrected chi connectivity index (χ0v) is 23.1. The van der Waals surface area contributed by atoms with Crippen molar-refractivity contribution < 1.29 is 38.9 Å². The van der Waals surface area contributed by atoms with Gasteiger partial charge in [-0.2, -0.15) is 0 Å². The Morgan fingerprint density at radius 1 is 1.08 bits per heavy atom. The number of thioether (sulfide) groups is 1. The van der Waals surface area contributed by atoms with E-state index in [1.165, 1.54) is 18.7 Å². The number of nitrogens with zero attached hydrogens (tertiary/aromatic N) is 2. The first-order valence-corrected chi connectivity index (χ1v) is 13.0. The van der Waals surface area contributed by atoms with Crippen molar-refractivity contribution in [1.29, 1.82) is 0 Å². The first-order chi connectivity index (χ1) is 18.0. The fraction of sp³-hybridized carbons (Fsp3) is 0.385. The zero-order chi connectivity index (χ0) is 28.4. The molecule has 0 saturated carbocycles. The number of carboxylic acids is 2. The molecule has 3 rings (SSSR count). The van der Waals surface area contributed by atoms with E-state index in [0.717, 1.165) is 29.1 Å². The molecule has 1 aliphatic heterocycles. The molecule has 0 spiro atoms. The predicted molar refractivity (Wildman–Crippen MR) is 144 cm³/mol. The van der Waals surface area contributed by atoms with Crippen molar-refractivity contribution >= 4 is 52.9 Å². The summed E-state index contributed by atoms with van der Waals surface area (Å²) in [4.78, 5) is 48.7. The van der Waals surface area contributed by atoms with Gasteiger partial charge in [0.2, 0.25) is 0 Å². The van der Waals surface area contributed by atoms with Crippen LogP contribution in [0, 0.1) is 0 Å². The Morgan fingerprint density at radius 3 is 2.24 bits per heavy atom. The van der Waals surface area contributed by atoms with Gasteiger partial charge in [0.25, 0.3) is 5.91 Å². The van der Waals surface area contributed by atoms with E-state index in [-0.39, 0.29) is 5.91 Å². The molecule has 1 aliphatic rings. The lowest BCUT2D eigenvalue weighted by Crippen LogP contribution is -2.45. The monoisotopic (exact) mass is 566 g/mol. The van der Waals surface area contributed by atoms with E-state index in [4.69, 9.17) is 40.9 Å². The molecule has 0 aliphatic carbocycles. The number of esters is 1. The number of benzene rings is 2. The van der Waals surface area contributed by atoms with Gasteiger partial charge in [0.05, 0.1) is 18.0 Å². The lowest BCUT2D eigenvalue weighted by molar-refractivity contribution is -0.159. The number of carbonyl (C=O) groups is 4. The van der Waals surface area contributed by atoms with Crippen molar-refractivity contribution in [1.82, 2.24) is 4.90 Å². The summed E-state index contributed by atoms with van der Waals surface area (Å²) in [5.41, 5.74) is 1.65. The Morgan fingerprint density at radius 2 is 1.71 bits per heavy atom. The van der Waals surface area contributed by atoms with E-state index >= 15 is 0 Å². The first-order valence-electron chi connectivity index (χ1n) is 11.7. The molecule has 10 nitrogen and oxygen atoms in total. The number of rotatable bonds is 8. The van der Waals surface area contributed by atoms with Crippen LogP contribution in [0.4, 0.5) is 5.69 Å². The van der Waals surface area contributed by atoms with Crippen LogP contribution in [0.15, 0.2) is 47.4 Å². The maximum Gasteiger partial charge on any atom is 0.414 e. The van der Waals surface area contributed by atoms with E-state index in [0.29, 0.717) is 23.9 Å². The molecule has 2 atom stereocenters. The number of amides is 1. The second-order valence-corrected chi connectivity index (χ2v) is 9.98. The number of ether oxygens (including phenoxy) is 2. The summed E-state index contributed by atoms with van der Waals surface area (Å²) in [5, 5.41) is 14.9. The number of likely N-dealkylation sites (N-methyl/N-ethyl adjacent to an activating group) is 1. The lowest BCUT2D eigenvalue weighted by Gasteiger charge is -2.29. The number of anilines is 1. The van der Waals surface area contributed by atoms with E-state index in [1.54, 1.807) is 18.1 Å². The van der Waals surface area contributed by atoms with Crippen molar-refractivity contribution in [2.75, 3.05) is 38.7 Å². The molecule has 0 bridgehead atoms. The smallest absolute Gasteiger partial charge is 0.414 e. The highest BCUT2D eigenvalue weighted by molar-refractivity contribution is 7.99. The standard InChI is InChI=1S/C24H29ClN2O4S.C2H2O4/c1-5-12-26(3)13-14-27-20-11-8-18(25)15-21(20)32-23(22(24(27)29)31-16(2)28)17-6-9-19(30-4)10-7-17;3-1(4)2(5)6/h6-11,15,22-23H,5,12-14H2,1-4H3;(H,3,4)(H,5,6)/t22-,23+;/m0./s1. The van der Waals surface area contributed by atoms with Crippen molar-refractivity contribution in [3.8, 4) is 5.75 Å². The van der Waals surface area contributed by atoms with E-state index in [2.05, 4.69) is 11.8 Å². The van der Waals surface area contributed by atoms with Crippen molar-refractivity contribution in [3.05, 3.63) is 53.1 Å². The van der Waals surface area contributed by atoms with Gasteiger partial charge in [0.1, 0.15) is 5.75 Å². The minimum absolute atomic E-state index is 0.237. The van der Waals surface area contributed by atoms with Crippen molar-refractivity contribution in [3.63, 3.8) is 0 Å². The van der Waals surface area contributed by atoms with Crippen LogP contribution in [0.25, 0.3) is 0 Å². The SMILES string of the molecule is CCCN(C)CCN1C(=O)[C@@H](OC(C)=O)[C@@H](c2ccc(OC)cc2)Sc2cc(Cl)ccc21.O=C(O)C(=O)O. The summed E-state index contributed by atoms with van der Waals surface area (Å²) in [6, 6.07) is 13.0. The maximum atomic E-state index is 13.8. The van der Waals surface area contributed by atoms with Gasteiger partial charge in [-0.15, -0.1) is 11.8 Å². The highest BCUT2D eigenvalue weighted by Crippen LogP contribution is 2.47. The molecule has 0 aromatic heterocycles. The number of halogens is 1. The third-order valence-corrected chi connectivity index (χ3v) is 7.07. The van der Waals surface area contributed by atoms with Gasteiger partial charge in [-0.25, -0.2) is 9.59 Å². The van der Waals surface area contributed by atoms with Crippen LogP contribution in [0.1, 0.15) is 31.1 Å². The molecule has 0 saturated heterocycles. The van der Waals surface area contributed by atoms with Crippen LogP contribution in [-0.4, -0.2) is 78.8 Å². The summed E-state index contributed by atoms with van der Waals surface area (Å²) in [5.74, 6) is -3.66. The molecular formula is C26H31ClN2O8S. The number of methoxy groups -OCH3 is 1. The van der Waals surface area contributed by atoms with Gasteiger partial charge < -0.3 is 29.5 Å². The van der Waals surface area contributed by atoms with Crippen LogP contribution in [0.2, 0.25) is 5.02 Å². The minimum Gasteiger partial charge on any atom is -0.497 e. The van der Waals surface area contributed by atoms with E-state index in [1.807, 2.05) is 43.4 Å². The molecule has 2 aromatic carbocycles. The molecule has 0 unspecified atom stereocenters. The number of hydrogen-bond acceptors (Lipinski definition) is 8. The first kappa shape index (κ1) is 30.9. The van der Waals surface area contributed by atoms with Crippen LogP contribution in [-0.2, 0) is 23.9 Å². The summed E-state index contributed by atoms with van der Waals surface area (Å²) < 4.78 is 10.9. The largest absolute Gasteiger partial charge is 0.497 e. The van der Waals surface area contributed by atoms with Crippen LogP contribution >= 0.6 is 23.4 Å². The molecule has 0 fully saturated rings. The second-order valence-electron chi connectivity index (χ2n) is 8.36. The molecule has 0 radical (unpaired) electrons. The Bertz CT molecular complexity index is 1130. The topological polar surface area (TPSA) is 134 Å². The normalized spacial score (nSPS) is 16.6. The van der Waals surface area contributed by atoms with Crippen LogP contribution in [0.5, 0.6) is 5.75 Å². The molecule has 38 heavy (non-hydrogen) atoms. The third-order valence-electron chi connectivity index (χ3n) is 5.48. The predicted octanol–water partition coefficient (Wildman–Crippen LogP) is 3.96. The van der Waals surface area contributed by atoms with Gasteiger partial charge in [0.15, 0.2) is 6.10 Å². The molecule has 206 valence electrons. The van der Waals surface area contributed by atoms with Gasteiger partial charge >= 0.3 is 17.9 Å². The second kappa shape index (κ2) is 14.6. The molecule has 12 heteroatoms. The zero-order valence-electron chi connectivity index (χ0n) is 21.5. The van der Waals surface area contributed by atoms with Crippen LogP contribution in [0.3, 0.4) is 0 Å². The fourth-order valence-electron chi connectivity index (χ4n) is 3.73. The lowest BCUT2D eigenvalue weighted by atomic mass is 10.1. The highest BCUT2D eigenvalue weighted by Gasteiger charge is 2.40. The molecule has 1 amide bonds. The number of carboxylic acid groups (broad SMARTS) is 2. The van der Waals surface area contributed by atoms with Crippen LogP contribution < -0.4 is 9.64 Å². The minimum atomic E-state index is -1.82. The average molecular weight is 567 g/mol. The number of aliphatic carboxylic acids is 2. The summed E-state index contributed by atoms with van der Waals surface area (Å²) in [6.45, 7) is 5.57. The van der Waals surface area contributed by atoms with Gasteiger partial charge in [-0.3, -0.25) is 9.59 Å². The quantitative estimate of drug-likeness (QED) is 0.357.